The Hall–Kier alpha value is -4.16. The Morgan fingerprint density at radius 1 is 0.889 bits per heavy atom. The lowest BCUT2D eigenvalue weighted by molar-refractivity contribution is -0.139. The first-order valence-corrected chi connectivity index (χ1v) is 12.1. The Labute approximate surface area is 210 Å². The minimum absolute atomic E-state index is 0.0387. The van der Waals surface area contributed by atoms with E-state index in [9.17, 15) is 9.59 Å². The van der Waals surface area contributed by atoms with E-state index in [1.807, 2.05) is 66.9 Å². The van der Waals surface area contributed by atoms with Gasteiger partial charge in [-0.1, -0.05) is 72.8 Å². The van der Waals surface area contributed by atoms with Crippen LogP contribution >= 0.6 is 0 Å². The highest BCUT2D eigenvalue weighted by molar-refractivity contribution is 5.68. The molecule has 3 aromatic carbocycles. The van der Waals surface area contributed by atoms with Gasteiger partial charge in [-0.2, -0.15) is 0 Å². The predicted molar refractivity (Wildman–Crippen MR) is 140 cm³/mol. The molecular formula is C30H30N2O4. The molecule has 4 rings (SSSR count). The zero-order valence-electron chi connectivity index (χ0n) is 20.0. The van der Waals surface area contributed by atoms with Gasteiger partial charge in [-0.3, -0.25) is 4.79 Å². The van der Waals surface area contributed by atoms with E-state index in [0.717, 1.165) is 29.7 Å². The highest BCUT2D eigenvalue weighted by Gasteiger charge is 2.17. The van der Waals surface area contributed by atoms with Crippen LogP contribution in [0.5, 0.6) is 5.75 Å². The van der Waals surface area contributed by atoms with Crippen LogP contribution in [0.2, 0.25) is 0 Å². The molecule has 0 aliphatic heterocycles. The van der Waals surface area contributed by atoms with Gasteiger partial charge in [0.15, 0.2) is 6.61 Å². The summed E-state index contributed by atoms with van der Waals surface area (Å²) in [5, 5.41) is 12.1. The molecule has 6 nitrogen and oxygen atoms in total. The fourth-order valence-electron chi connectivity index (χ4n) is 4.30. The molecule has 6 heteroatoms. The van der Waals surface area contributed by atoms with Gasteiger partial charge in [-0.05, 0) is 59.8 Å². The number of pyridine rings is 1. The zero-order valence-corrected chi connectivity index (χ0v) is 20.0. The van der Waals surface area contributed by atoms with Crippen molar-refractivity contribution in [3.05, 3.63) is 135 Å². The van der Waals surface area contributed by atoms with Gasteiger partial charge in [0.2, 0.25) is 0 Å². The van der Waals surface area contributed by atoms with Gasteiger partial charge in [0.05, 0.1) is 0 Å². The van der Waals surface area contributed by atoms with Crippen LogP contribution in [0, 0.1) is 0 Å². The molecule has 1 aromatic heterocycles. The molecule has 36 heavy (non-hydrogen) atoms. The molecular weight excluding hydrogens is 452 g/mol. The average molecular weight is 483 g/mol. The summed E-state index contributed by atoms with van der Waals surface area (Å²) >= 11 is 0. The van der Waals surface area contributed by atoms with Crippen LogP contribution in [0.1, 0.15) is 40.2 Å². The van der Waals surface area contributed by atoms with Crippen molar-refractivity contribution in [3.63, 3.8) is 0 Å². The fraction of sp³-hybridized carbons (Fsp3) is 0.200. The van der Waals surface area contributed by atoms with Gasteiger partial charge in [-0.15, -0.1) is 0 Å². The normalized spacial score (nSPS) is 10.9. The van der Waals surface area contributed by atoms with Gasteiger partial charge in [0.1, 0.15) is 5.75 Å². The van der Waals surface area contributed by atoms with Crippen molar-refractivity contribution in [3.8, 4) is 5.75 Å². The number of carbonyl (C=O) groups is 1. The lowest BCUT2D eigenvalue weighted by atomic mass is 9.85. The quantitative estimate of drug-likeness (QED) is 0.254. The van der Waals surface area contributed by atoms with Gasteiger partial charge < -0.3 is 20.1 Å². The fourth-order valence-corrected chi connectivity index (χ4v) is 4.30. The Bertz CT molecular complexity index is 1280. The Kier molecular flexibility index (Phi) is 8.67. The molecule has 184 valence electrons. The van der Waals surface area contributed by atoms with E-state index in [-0.39, 0.29) is 18.1 Å². The monoisotopic (exact) mass is 482 g/mol. The smallest absolute Gasteiger partial charge is 0.341 e. The van der Waals surface area contributed by atoms with Gasteiger partial charge in [-0.25, -0.2) is 4.79 Å². The Balaban J connectivity index is 1.38. The molecule has 3 N–H and O–H groups in total. The number of carboxylic acid groups (broad SMARTS) is 1. The average Bonchev–Trinajstić information content (AvgIpc) is 2.90. The molecule has 0 fully saturated rings. The van der Waals surface area contributed by atoms with Crippen LogP contribution in [-0.2, 0) is 17.8 Å². The SMILES string of the molecule is O=C(O)COc1cccc(CNCCCc2cc(C(c3ccccc3)c3ccccc3)c[nH]c2=O)c1. The molecule has 0 atom stereocenters. The maximum absolute atomic E-state index is 12.6. The van der Waals surface area contributed by atoms with Crippen molar-refractivity contribution >= 4 is 5.97 Å². The van der Waals surface area contributed by atoms with Crippen LogP contribution < -0.4 is 15.6 Å². The molecule has 1 heterocycles. The van der Waals surface area contributed by atoms with Crippen LogP contribution in [0.15, 0.2) is 102 Å². The van der Waals surface area contributed by atoms with Gasteiger partial charge in [0, 0.05) is 24.2 Å². The summed E-state index contributed by atoms with van der Waals surface area (Å²) in [4.78, 5) is 26.2. The predicted octanol–water partition coefficient (Wildman–Crippen LogP) is 4.74. The molecule has 0 saturated heterocycles. The number of aromatic amines is 1. The van der Waals surface area contributed by atoms with E-state index in [0.29, 0.717) is 18.7 Å². The summed E-state index contributed by atoms with van der Waals surface area (Å²) in [6.07, 6.45) is 3.30. The third-order valence-corrected chi connectivity index (χ3v) is 5.99. The number of ether oxygens (including phenoxy) is 1. The largest absolute Gasteiger partial charge is 0.482 e. The number of benzene rings is 3. The maximum atomic E-state index is 12.6. The van der Waals surface area contributed by atoms with Crippen LogP contribution in [0.3, 0.4) is 0 Å². The minimum Gasteiger partial charge on any atom is -0.482 e. The van der Waals surface area contributed by atoms with Crippen molar-refractivity contribution < 1.29 is 14.6 Å². The molecule has 0 aliphatic carbocycles. The van der Waals surface area contributed by atoms with E-state index in [4.69, 9.17) is 9.84 Å². The first kappa shape index (κ1) is 24.9. The molecule has 0 radical (unpaired) electrons. The Morgan fingerprint density at radius 3 is 2.25 bits per heavy atom. The van der Waals surface area contributed by atoms with E-state index >= 15 is 0 Å². The molecule has 0 bridgehead atoms. The van der Waals surface area contributed by atoms with Crippen LogP contribution in [0.4, 0.5) is 0 Å². The summed E-state index contributed by atoms with van der Waals surface area (Å²) in [6, 6.07) is 30.1. The van der Waals surface area contributed by atoms with E-state index in [1.54, 1.807) is 6.07 Å². The first-order chi connectivity index (χ1) is 17.6. The molecule has 0 unspecified atom stereocenters. The number of hydrogen-bond donors (Lipinski definition) is 3. The van der Waals surface area contributed by atoms with Gasteiger partial charge >= 0.3 is 5.97 Å². The number of nitrogens with one attached hydrogen (secondary N) is 2. The molecule has 0 spiro atoms. The van der Waals surface area contributed by atoms with E-state index in [1.165, 1.54) is 11.1 Å². The second kappa shape index (κ2) is 12.5. The van der Waals surface area contributed by atoms with Crippen molar-refractivity contribution in [2.24, 2.45) is 0 Å². The second-order valence-corrected chi connectivity index (χ2v) is 8.65. The summed E-state index contributed by atoms with van der Waals surface area (Å²) in [6.45, 7) is 1.01. The summed E-state index contributed by atoms with van der Waals surface area (Å²) in [5.41, 5.74) is 5.15. The maximum Gasteiger partial charge on any atom is 0.341 e. The van der Waals surface area contributed by atoms with Crippen LogP contribution in [0.25, 0.3) is 0 Å². The summed E-state index contributed by atoms with van der Waals surface area (Å²) < 4.78 is 5.24. The number of carboxylic acids is 1. The van der Waals surface area contributed by atoms with Gasteiger partial charge in [0.25, 0.3) is 5.56 Å². The molecule has 0 saturated carbocycles. The lowest BCUT2D eigenvalue weighted by Gasteiger charge is -2.19. The number of aliphatic carboxylic acids is 1. The number of aromatic nitrogens is 1. The number of aryl methyl sites for hydroxylation is 1. The third kappa shape index (κ3) is 6.93. The number of rotatable bonds is 12. The van der Waals surface area contributed by atoms with Crippen molar-refractivity contribution in [2.45, 2.75) is 25.3 Å². The first-order valence-electron chi connectivity index (χ1n) is 12.1. The lowest BCUT2D eigenvalue weighted by Crippen LogP contribution is -2.19. The van der Waals surface area contributed by atoms with E-state index in [2.05, 4.69) is 34.6 Å². The van der Waals surface area contributed by atoms with Crippen molar-refractivity contribution in [1.82, 2.24) is 10.3 Å². The zero-order chi connectivity index (χ0) is 25.2. The topological polar surface area (TPSA) is 91.4 Å². The minimum atomic E-state index is -1.00. The summed E-state index contributed by atoms with van der Waals surface area (Å²) in [5.74, 6) is -0.431. The highest BCUT2D eigenvalue weighted by Crippen LogP contribution is 2.31. The Morgan fingerprint density at radius 2 is 1.58 bits per heavy atom. The number of H-pyrrole nitrogens is 1. The third-order valence-electron chi connectivity index (χ3n) is 5.99. The molecule has 0 aliphatic rings. The molecule has 4 aromatic rings. The molecule has 0 amide bonds. The number of hydrogen-bond acceptors (Lipinski definition) is 4. The van der Waals surface area contributed by atoms with Crippen molar-refractivity contribution in [2.75, 3.05) is 13.2 Å². The summed E-state index contributed by atoms with van der Waals surface area (Å²) in [7, 11) is 0. The standard InChI is InChI=1S/C30H30N2O4/c33-28(34)21-36-27-15-7-9-22(17-27)19-31-16-8-14-25-18-26(20-32-30(25)35)29(23-10-3-1-4-11-23)24-12-5-2-6-13-24/h1-7,9-13,15,17-18,20,29,31H,8,14,16,19,21H2,(H,32,35)(H,33,34). The van der Waals surface area contributed by atoms with E-state index < -0.39 is 5.97 Å². The second-order valence-electron chi connectivity index (χ2n) is 8.65. The van der Waals surface area contributed by atoms with Crippen LogP contribution in [-0.4, -0.2) is 29.2 Å². The van der Waals surface area contributed by atoms with Crippen molar-refractivity contribution in [1.29, 1.82) is 0 Å². The highest BCUT2D eigenvalue weighted by atomic mass is 16.5.